The zero-order valence-electron chi connectivity index (χ0n) is 7.36. The number of rotatable bonds is 2. The van der Waals surface area contributed by atoms with Crippen LogP contribution in [-0.4, -0.2) is 21.9 Å². The Kier molecular flexibility index (Phi) is 2.75. The predicted octanol–water partition coefficient (Wildman–Crippen LogP) is 0.398. The lowest BCUT2D eigenvalue weighted by molar-refractivity contribution is 0.181. The van der Waals surface area contributed by atoms with Crippen molar-refractivity contribution in [3.8, 4) is 11.5 Å². The fourth-order valence-electron chi connectivity index (χ4n) is 1.09. The van der Waals surface area contributed by atoms with Crippen molar-refractivity contribution in [2.45, 2.75) is 13.0 Å². The van der Waals surface area contributed by atoms with Gasteiger partial charge in [-0.1, -0.05) is 12.1 Å². The topological polar surface area (TPSA) is 86.7 Å². The van der Waals surface area contributed by atoms with E-state index in [2.05, 4.69) is 0 Å². The minimum absolute atomic E-state index is 0.00998. The van der Waals surface area contributed by atoms with Crippen LogP contribution in [-0.2, 0) is 0 Å². The van der Waals surface area contributed by atoms with Gasteiger partial charge in [-0.15, -0.1) is 0 Å². The first kappa shape index (κ1) is 9.83. The lowest BCUT2D eigenvalue weighted by Gasteiger charge is -2.12. The third kappa shape index (κ3) is 1.74. The van der Waals surface area contributed by atoms with Gasteiger partial charge in [0, 0.05) is 12.1 Å². The molecule has 0 heterocycles. The molecule has 5 N–H and O–H groups in total. The molecular formula is C9H13NO3. The van der Waals surface area contributed by atoms with E-state index < -0.39 is 6.10 Å². The Morgan fingerprint density at radius 3 is 2.46 bits per heavy atom. The second kappa shape index (κ2) is 3.64. The van der Waals surface area contributed by atoms with E-state index in [0.717, 1.165) is 0 Å². The summed E-state index contributed by atoms with van der Waals surface area (Å²) in [7, 11) is 0. The van der Waals surface area contributed by atoms with E-state index in [4.69, 9.17) is 5.73 Å². The maximum absolute atomic E-state index is 9.41. The van der Waals surface area contributed by atoms with Crippen molar-refractivity contribution in [3.63, 3.8) is 0 Å². The van der Waals surface area contributed by atoms with Crippen LogP contribution in [0.4, 0.5) is 0 Å². The smallest absolute Gasteiger partial charge is 0.163 e. The number of hydrogen-bond acceptors (Lipinski definition) is 4. The quantitative estimate of drug-likeness (QED) is 0.500. The third-order valence-electron chi connectivity index (χ3n) is 1.97. The van der Waals surface area contributed by atoms with Gasteiger partial charge in [-0.2, -0.15) is 0 Å². The van der Waals surface area contributed by atoms with Gasteiger partial charge in [-0.05, 0) is 12.5 Å². The SMILES string of the molecule is Cc1ccc(C(O)CN)c(O)c1O. The molecule has 0 saturated carbocycles. The molecule has 4 heteroatoms. The van der Waals surface area contributed by atoms with Gasteiger partial charge in [0.05, 0.1) is 6.10 Å². The standard InChI is InChI=1S/C9H13NO3/c1-5-2-3-6(7(11)4-10)9(13)8(5)12/h2-3,7,11-13H,4,10H2,1H3. The molecule has 4 nitrogen and oxygen atoms in total. The molecule has 0 aliphatic carbocycles. The first-order chi connectivity index (χ1) is 6.07. The van der Waals surface area contributed by atoms with E-state index in [1.807, 2.05) is 0 Å². The first-order valence-corrected chi connectivity index (χ1v) is 3.97. The molecule has 0 aliphatic rings. The molecular weight excluding hydrogens is 170 g/mol. The molecule has 0 aromatic heterocycles. The van der Waals surface area contributed by atoms with Crippen LogP contribution in [0.1, 0.15) is 17.2 Å². The Balaban J connectivity index is 3.18. The second-order valence-corrected chi connectivity index (χ2v) is 2.92. The van der Waals surface area contributed by atoms with Crippen LogP contribution in [0, 0.1) is 6.92 Å². The summed E-state index contributed by atoms with van der Waals surface area (Å²) in [5, 5.41) is 28.1. The summed E-state index contributed by atoms with van der Waals surface area (Å²) in [4.78, 5) is 0. The van der Waals surface area contributed by atoms with Crippen molar-refractivity contribution in [2.24, 2.45) is 5.73 Å². The molecule has 1 aromatic rings. The Labute approximate surface area is 76.2 Å². The maximum atomic E-state index is 9.41. The highest BCUT2D eigenvalue weighted by molar-refractivity contribution is 5.50. The summed E-state index contributed by atoms with van der Waals surface area (Å²) >= 11 is 0. The highest BCUT2D eigenvalue weighted by atomic mass is 16.3. The van der Waals surface area contributed by atoms with Crippen LogP contribution in [0.15, 0.2) is 12.1 Å². The van der Waals surface area contributed by atoms with Crippen molar-refractivity contribution in [3.05, 3.63) is 23.3 Å². The van der Waals surface area contributed by atoms with Gasteiger partial charge in [0.2, 0.25) is 0 Å². The highest BCUT2D eigenvalue weighted by Crippen LogP contribution is 2.34. The zero-order chi connectivity index (χ0) is 10.0. The van der Waals surface area contributed by atoms with E-state index in [0.29, 0.717) is 5.56 Å². The van der Waals surface area contributed by atoms with E-state index in [1.54, 1.807) is 19.1 Å². The maximum Gasteiger partial charge on any atom is 0.163 e. The van der Waals surface area contributed by atoms with E-state index in [9.17, 15) is 15.3 Å². The number of aliphatic hydroxyl groups excluding tert-OH is 1. The molecule has 1 unspecified atom stereocenters. The van der Waals surface area contributed by atoms with E-state index >= 15 is 0 Å². The van der Waals surface area contributed by atoms with Crippen LogP contribution in [0.5, 0.6) is 11.5 Å². The molecule has 0 fully saturated rings. The third-order valence-corrected chi connectivity index (χ3v) is 1.97. The van der Waals surface area contributed by atoms with Crippen molar-refractivity contribution >= 4 is 0 Å². The van der Waals surface area contributed by atoms with Gasteiger partial charge in [-0.3, -0.25) is 0 Å². The average Bonchev–Trinajstić information content (AvgIpc) is 2.13. The number of hydrogen-bond donors (Lipinski definition) is 4. The molecule has 1 aromatic carbocycles. The molecule has 0 amide bonds. The predicted molar refractivity (Wildman–Crippen MR) is 48.5 cm³/mol. The summed E-state index contributed by atoms with van der Waals surface area (Å²) in [6, 6.07) is 3.16. The number of phenolic OH excluding ortho intramolecular Hbond substituents is 2. The van der Waals surface area contributed by atoms with Crippen LogP contribution < -0.4 is 5.73 Å². The first-order valence-electron chi connectivity index (χ1n) is 3.97. The van der Waals surface area contributed by atoms with Gasteiger partial charge in [0.1, 0.15) is 0 Å². The molecule has 1 atom stereocenters. The number of nitrogens with two attached hydrogens (primary N) is 1. The lowest BCUT2D eigenvalue weighted by atomic mass is 10.0. The summed E-state index contributed by atoms with van der Waals surface area (Å²) in [5.41, 5.74) is 6.03. The fraction of sp³-hybridized carbons (Fsp3) is 0.333. The molecule has 0 radical (unpaired) electrons. The Hall–Kier alpha value is -1.26. The summed E-state index contributed by atoms with van der Waals surface area (Å²) < 4.78 is 0. The van der Waals surface area contributed by atoms with Gasteiger partial charge < -0.3 is 21.1 Å². The van der Waals surface area contributed by atoms with Crippen molar-refractivity contribution in [2.75, 3.05) is 6.54 Å². The second-order valence-electron chi connectivity index (χ2n) is 2.92. The Bertz CT molecular complexity index is 312. The number of phenols is 2. The van der Waals surface area contributed by atoms with Crippen LogP contribution in [0.25, 0.3) is 0 Å². The van der Waals surface area contributed by atoms with E-state index in [-0.39, 0.29) is 23.6 Å². The van der Waals surface area contributed by atoms with E-state index in [1.165, 1.54) is 0 Å². The van der Waals surface area contributed by atoms with Crippen molar-refractivity contribution < 1.29 is 15.3 Å². The normalized spacial score (nSPS) is 12.8. The summed E-state index contributed by atoms with van der Waals surface area (Å²) in [6.07, 6.45) is -0.938. The van der Waals surface area contributed by atoms with Gasteiger partial charge >= 0.3 is 0 Å². The molecule has 72 valence electrons. The molecule has 0 saturated heterocycles. The number of aliphatic hydroxyl groups is 1. The Morgan fingerprint density at radius 1 is 1.31 bits per heavy atom. The molecule has 1 rings (SSSR count). The highest BCUT2D eigenvalue weighted by Gasteiger charge is 2.14. The summed E-state index contributed by atoms with van der Waals surface area (Å²) in [6.45, 7) is 1.67. The fourth-order valence-corrected chi connectivity index (χ4v) is 1.09. The molecule has 0 spiro atoms. The largest absolute Gasteiger partial charge is 0.504 e. The van der Waals surface area contributed by atoms with Crippen LogP contribution in [0.3, 0.4) is 0 Å². The van der Waals surface area contributed by atoms with Crippen molar-refractivity contribution in [1.82, 2.24) is 0 Å². The average molecular weight is 183 g/mol. The molecule has 0 bridgehead atoms. The Morgan fingerprint density at radius 2 is 1.92 bits per heavy atom. The number of aryl methyl sites for hydroxylation is 1. The number of benzene rings is 1. The van der Waals surface area contributed by atoms with Gasteiger partial charge in [-0.25, -0.2) is 0 Å². The lowest BCUT2D eigenvalue weighted by Crippen LogP contribution is -2.11. The minimum Gasteiger partial charge on any atom is -0.504 e. The number of aromatic hydroxyl groups is 2. The van der Waals surface area contributed by atoms with Crippen LogP contribution >= 0.6 is 0 Å². The molecule has 13 heavy (non-hydrogen) atoms. The van der Waals surface area contributed by atoms with Crippen LogP contribution in [0.2, 0.25) is 0 Å². The zero-order valence-corrected chi connectivity index (χ0v) is 7.36. The van der Waals surface area contributed by atoms with Gasteiger partial charge in [0.25, 0.3) is 0 Å². The minimum atomic E-state index is -0.938. The monoisotopic (exact) mass is 183 g/mol. The summed E-state index contributed by atoms with van der Waals surface area (Å²) in [5.74, 6) is -0.497. The van der Waals surface area contributed by atoms with Crippen molar-refractivity contribution in [1.29, 1.82) is 0 Å². The van der Waals surface area contributed by atoms with Gasteiger partial charge in [0.15, 0.2) is 11.5 Å². The molecule has 0 aliphatic heterocycles.